The molecule has 2 N–H and O–H groups in total. The number of hydrogen-bond acceptors (Lipinski definition) is 2. The zero-order valence-electron chi connectivity index (χ0n) is 14.0. The van der Waals surface area contributed by atoms with Gasteiger partial charge in [-0.2, -0.15) is 0 Å². The van der Waals surface area contributed by atoms with Gasteiger partial charge in [-0.25, -0.2) is 4.90 Å². The maximum absolute atomic E-state index is 12.7. The maximum atomic E-state index is 12.7. The molecule has 1 aliphatic heterocycles. The standard InChI is InChI=1S/C19H26N2O2/c1-14-9-11-16(12-10-14)21-18(22)13-17(19(21)23)20-15-7-5-3-2-4-6-8-15/h9-12,15,17,20H,2-8,13H2,1H3/p+1/t17-/m0/s1. The number of nitrogens with zero attached hydrogens (tertiary/aromatic N) is 1. The van der Waals surface area contributed by atoms with Gasteiger partial charge in [0.2, 0.25) is 5.91 Å². The summed E-state index contributed by atoms with van der Waals surface area (Å²) in [6.07, 6.45) is 9.12. The van der Waals surface area contributed by atoms with Gasteiger partial charge in [-0.3, -0.25) is 9.59 Å². The van der Waals surface area contributed by atoms with E-state index in [1.165, 1.54) is 49.8 Å². The lowest BCUT2D eigenvalue weighted by Crippen LogP contribution is -2.96. The van der Waals surface area contributed by atoms with Crippen LogP contribution in [0.4, 0.5) is 5.69 Å². The van der Waals surface area contributed by atoms with E-state index in [9.17, 15) is 9.59 Å². The van der Waals surface area contributed by atoms with Gasteiger partial charge in [0.15, 0.2) is 6.04 Å². The fourth-order valence-corrected chi connectivity index (χ4v) is 3.78. The van der Waals surface area contributed by atoms with E-state index in [-0.39, 0.29) is 17.9 Å². The van der Waals surface area contributed by atoms with Crippen molar-refractivity contribution in [3.8, 4) is 0 Å². The molecular weight excluding hydrogens is 288 g/mol. The van der Waals surface area contributed by atoms with Crippen LogP contribution in [0.2, 0.25) is 0 Å². The quantitative estimate of drug-likeness (QED) is 0.870. The van der Waals surface area contributed by atoms with Crippen molar-refractivity contribution in [3.05, 3.63) is 29.8 Å². The van der Waals surface area contributed by atoms with E-state index in [4.69, 9.17) is 0 Å². The summed E-state index contributed by atoms with van der Waals surface area (Å²) < 4.78 is 0. The number of quaternary nitrogens is 1. The summed E-state index contributed by atoms with van der Waals surface area (Å²) in [4.78, 5) is 26.4. The fraction of sp³-hybridized carbons (Fsp3) is 0.579. The molecular formula is C19H27N2O2+. The summed E-state index contributed by atoms with van der Waals surface area (Å²) in [5.41, 5.74) is 1.84. The van der Waals surface area contributed by atoms with E-state index in [1.54, 1.807) is 0 Å². The van der Waals surface area contributed by atoms with E-state index in [0.717, 1.165) is 5.56 Å². The van der Waals surface area contributed by atoms with Gasteiger partial charge in [0.05, 0.1) is 18.2 Å². The predicted octanol–water partition coefficient (Wildman–Crippen LogP) is 2.30. The minimum Gasteiger partial charge on any atom is -0.333 e. The Labute approximate surface area is 138 Å². The molecule has 0 aromatic heterocycles. The number of benzene rings is 1. The molecule has 1 saturated carbocycles. The van der Waals surface area contributed by atoms with Crippen molar-refractivity contribution in [1.82, 2.24) is 0 Å². The highest BCUT2D eigenvalue weighted by Crippen LogP contribution is 2.22. The first-order valence-corrected chi connectivity index (χ1v) is 8.93. The summed E-state index contributed by atoms with van der Waals surface area (Å²) in [7, 11) is 0. The number of anilines is 1. The van der Waals surface area contributed by atoms with Crippen LogP contribution in [-0.4, -0.2) is 23.9 Å². The molecule has 1 aromatic rings. The molecule has 1 aromatic carbocycles. The van der Waals surface area contributed by atoms with Crippen LogP contribution >= 0.6 is 0 Å². The molecule has 1 atom stereocenters. The zero-order valence-corrected chi connectivity index (χ0v) is 14.0. The second-order valence-electron chi connectivity index (χ2n) is 7.01. The fourth-order valence-electron chi connectivity index (χ4n) is 3.78. The van der Waals surface area contributed by atoms with Gasteiger partial charge in [-0.1, -0.05) is 37.0 Å². The van der Waals surface area contributed by atoms with Crippen molar-refractivity contribution in [1.29, 1.82) is 0 Å². The Morgan fingerprint density at radius 1 is 0.957 bits per heavy atom. The second-order valence-corrected chi connectivity index (χ2v) is 7.01. The van der Waals surface area contributed by atoms with E-state index < -0.39 is 0 Å². The normalized spacial score (nSPS) is 23.9. The van der Waals surface area contributed by atoms with Crippen molar-refractivity contribution < 1.29 is 14.9 Å². The molecule has 23 heavy (non-hydrogen) atoms. The molecule has 4 nitrogen and oxygen atoms in total. The highest BCUT2D eigenvalue weighted by atomic mass is 16.2. The first-order valence-electron chi connectivity index (χ1n) is 8.93. The molecule has 1 saturated heterocycles. The number of imide groups is 1. The molecule has 2 aliphatic rings. The highest BCUT2D eigenvalue weighted by Gasteiger charge is 2.43. The molecule has 2 amide bonds. The van der Waals surface area contributed by atoms with Crippen LogP contribution < -0.4 is 10.2 Å². The van der Waals surface area contributed by atoms with E-state index in [1.807, 2.05) is 31.2 Å². The third kappa shape index (κ3) is 3.81. The van der Waals surface area contributed by atoms with Gasteiger partial charge in [0.1, 0.15) is 0 Å². The van der Waals surface area contributed by atoms with Crippen LogP contribution in [0.3, 0.4) is 0 Å². The molecule has 0 spiro atoms. The Balaban J connectivity index is 1.66. The van der Waals surface area contributed by atoms with Gasteiger partial charge < -0.3 is 5.32 Å². The van der Waals surface area contributed by atoms with Crippen molar-refractivity contribution in [2.24, 2.45) is 0 Å². The van der Waals surface area contributed by atoms with Gasteiger partial charge in [-0.15, -0.1) is 0 Å². The monoisotopic (exact) mass is 315 g/mol. The van der Waals surface area contributed by atoms with Gasteiger partial charge in [0.25, 0.3) is 5.91 Å². The zero-order chi connectivity index (χ0) is 16.2. The minimum absolute atomic E-state index is 0.0408. The van der Waals surface area contributed by atoms with Gasteiger partial charge in [0, 0.05) is 0 Å². The molecule has 2 fully saturated rings. The number of hydrogen-bond donors (Lipinski definition) is 1. The lowest BCUT2D eigenvalue weighted by Gasteiger charge is -2.21. The summed E-state index contributed by atoms with van der Waals surface area (Å²) in [6.45, 7) is 2.00. The largest absolute Gasteiger partial charge is 0.333 e. The summed E-state index contributed by atoms with van der Waals surface area (Å²) >= 11 is 0. The van der Waals surface area contributed by atoms with Crippen molar-refractivity contribution in [3.63, 3.8) is 0 Å². The molecule has 0 radical (unpaired) electrons. The Morgan fingerprint density at radius 3 is 2.22 bits per heavy atom. The Kier molecular flexibility index (Phi) is 5.11. The van der Waals surface area contributed by atoms with Crippen molar-refractivity contribution in [2.75, 3.05) is 4.90 Å². The average Bonchev–Trinajstić information content (AvgIpc) is 2.77. The number of amides is 2. The van der Waals surface area contributed by atoms with E-state index in [2.05, 4.69) is 5.32 Å². The van der Waals surface area contributed by atoms with Crippen LogP contribution in [0.1, 0.15) is 56.9 Å². The number of nitrogens with two attached hydrogens (primary N) is 1. The third-order valence-corrected chi connectivity index (χ3v) is 5.13. The first-order chi connectivity index (χ1) is 11.1. The number of carbonyl (C=O) groups is 2. The van der Waals surface area contributed by atoms with Crippen LogP contribution in [0.15, 0.2) is 24.3 Å². The van der Waals surface area contributed by atoms with Crippen LogP contribution in [0.5, 0.6) is 0 Å². The predicted molar refractivity (Wildman–Crippen MR) is 90.1 cm³/mol. The van der Waals surface area contributed by atoms with Crippen molar-refractivity contribution in [2.45, 2.75) is 70.4 Å². The summed E-state index contributed by atoms with van der Waals surface area (Å²) in [6, 6.07) is 7.89. The molecule has 4 heteroatoms. The smallest absolute Gasteiger partial charge is 0.292 e. The molecule has 1 aliphatic carbocycles. The average molecular weight is 315 g/mol. The second kappa shape index (κ2) is 7.26. The lowest BCUT2D eigenvalue weighted by molar-refractivity contribution is -0.709. The third-order valence-electron chi connectivity index (χ3n) is 5.13. The summed E-state index contributed by atoms with van der Waals surface area (Å²) in [5.74, 6) is -0.105. The van der Waals surface area contributed by atoms with E-state index in [0.29, 0.717) is 18.2 Å². The number of aryl methyl sites for hydroxylation is 1. The Morgan fingerprint density at radius 2 is 1.57 bits per heavy atom. The first kappa shape index (κ1) is 16.2. The highest BCUT2D eigenvalue weighted by molar-refractivity contribution is 6.21. The van der Waals surface area contributed by atoms with Gasteiger partial charge in [-0.05, 0) is 44.7 Å². The molecule has 0 unspecified atom stereocenters. The van der Waals surface area contributed by atoms with Crippen LogP contribution in [0.25, 0.3) is 0 Å². The van der Waals surface area contributed by atoms with Crippen LogP contribution in [-0.2, 0) is 9.59 Å². The Bertz CT molecular complexity index is 559. The minimum atomic E-state index is -0.228. The van der Waals surface area contributed by atoms with Crippen molar-refractivity contribution >= 4 is 17.5 Å². The SMILES string of the molecule is Cc1ccc(N2C(=O)C[C@H]([NH2+]C3CCCCCCC3)C2=O)cc1. The maximum Gasteiger partial charge on any atom is 0.292 e. The summed E-state index contributed by atoms with van der Waals surface area (Å²) in [5, 5.41) is 2.18. The lowest BCUT2D eigenvalue weighted by atomic mass is 9.96. The number of rotatable bonds is 3. The van der Waals surface area contributed by atoms with E-state index >= 15 is 0 Å². The molecule has 124 valence electrons. The number of carbonyl (C=O) groups excluding carboxylic acids is 2. The molecule has 3 rings (SSSR count). The molecule has 0 bridgehead atoms. The topological polar surface area (TPSA) is 54.0 Å². The Hall–Kier alpha value is -1.68. The van der Waals surface area contributed by atoms with Gasteiger partial charge >= 0.3 is 0 Å². The van der Waals surface area contributed by atoms with Crippen LogP contribution in [0, 0.1) is 6.92 Å². The molecule has 1 heterocycles.